The third kappa shape index (κ3) is 4.89. The SMILES string of the molecule is COC(=O)c1c(NC(=O)C[C@H]2Sc3ccc(C(F)(F)F)cc3NC2=O)sc2c1CC[C@@H](C)C2. The molecule has 0 spiro atoms. The lowest BCUT2D eigenvalue weighted by Gasteiger charge is -2.24. The largest absolute Gasteiger partial charge is 0.465 e. The minimum atomic E-state index is -4.52. The van der Waals surface area contributed by atoms with Gasteiger partial charge in [0.05, 0.1) is 29.2 Å². The maximum Gasteiger partial charge on any atom is 0.416 e. The molecule has 0 saturated carbocycles. The Labute approximate surface area is 196 Å². The summed E-state index contributed by atoms with van der Waals surface area (Å²) in [6, 6.07) is 3.12. The molecule has 0 saturated heterocycles. The van der Waals surface area contributed by atoms with Crippen LogP contribution in [0.3, 0.4) is 0 Å². The molecule has 4 rings (SSSR count). The van der Waals surface area contributed by atoms with E-state index in [1.807, 2.05) is 0 Å². The Morgan fingerprint density at radius 2 is 2.06 bits per heavy atom. The summed E-state index contributed by atoms with van der Waals surface area (Å²) in [6.45, 7) is 2.13. The molecule has 1 aromatic carbocycles. The number of fused-ring (bicyclic) bond motifs is 2. The highest BCUT2D eigenvalue weighted by molar-refractivity contribution is 8.01. The number of alkyl halides is 3. The molecule has 0 radical (unpaired) electrons. The molecular formula is C22H21F3N2O4S2. The Morgan fingerprint density at radius 3 is 2.76 bits per heavy atom. The lowest BCUT2D eigenvalue weighted by molar-refractivity contribution is -0.137. The number of rotatable bonds is 4. The molecule has 0 bridgehead atoms. The van der Waals surface area contributed by atoms with Crippen molar-refractivity contribution in [1.82, 2.24) is 0 Å². The minimum absolute atomic E-state index is 0.0736. The molecule has 1 aromatic heterocycles. The lowest BCUT2D eigenvalue weighted by atomic mass is 9.88. The molecule has 2 aliphatic rings. The van der Waals surface area contributed by atoms with Crippen molar-refractivity contribution in [3.63, 3.8) is 0 Å². The lowest BCUT2D eigenvalue weighted by Crippen LogP contribution is -2.32. The predicted octanol–water partition coefficient (Wildman–Crippen LogP) is 5.12. The van der Waals surface area contributed by atoms with E-state index in [0.717, 1.165) is 53.6 Å². The van der Waals surface area contributed by atoms with E-state index in [1.54, 1.807) is 0 Å². The molecule has 176 valence electrons. The number of benzene rings is 1. The quantitative estimate of drug-likeness (QED) is 0.572. The molecule has 6 nitrogen and oxygen atoms in total. The third-order valence-corrected chi connectivity index (χ3v) is 8.10. The van der Waals surface area contributed by atoms with Gasteiger partial charge in [-0.2, -0.15) is 13.2 Å². The van der Waals surface area contributed by atoms with Gasteiger partial charge >= 0.3 is 12.1 Å². The first kappa shape index (κ1) is 23.6. The van der Waals surface area contributed by atoms with Gasteiger partial charge in [0.15, 0.2) is 0 Å². The fraction of sp³-hybridized carbons (Fsp3) is 0.409. The summed E-state index contributed by atoms with van der Waals surface area (Å²) in [5.41, 5.74) is 0.483. The van der Waals surface area contributed by atoms with Crippen LogP contribution in [0.25, 0.3) is 0 Å². The number of nitrogens with one attached hydrogen (secondary N) is 2. The van der Waals surface area contributed by atoms with Gasteiger partial charge in [-0.15, -0.1) is 23.1 Å². The summed E-state index contributed by atoms with van der Waals surface area (Å²) in [5.74, 6) is -1.05. The standard InChI is InChI=1S/C22H21F3N2O4S2/c1-10-3-5-12-15(7-10)33-20(18(12)21(30)31-2)27-17(28)9-16-19(29)26-13-8-11(22(23,24)25)4-6-14(13)32-16/h4,6,8,10,16H,3,5,7,9H2,1-2H3,(H,26,29)(H,27,28)/t10-,16-/m1/s1. The number of hydrogen-bond donors (Lipinski definition) is 2. The van der Waals surface area contributed by atoms with Crippen molar-refractivity contribution in [3.8, 4) is 0 Å². The number of anilines is 2. The monoisotopic (exact) mass is 498 g/mol. The van der Waals surface area contributed by atoms with E-state index in [0.29, 0.717) is 21.4 Å². The average Bonchev–Trinajstić information content (AvgIpc) is 3.09. The zero-order valence-electron chi connectivity index (χ0n) is 17.8. The summed E-state index contributed by atoms with van der Waals surface area (Å²) in [7, 11) is 1.29. The fourth-order valence-corrected chi connectivity index (χ4v) is 6.47. The van der Waals surface area contributed by atoms with Gasteiger partial charge in [-0.05, 0) is 48.9 Å². The molecule has 2 atom stereocenters. The Hall–Kier alpha value is -2.53. The Balaban J connectivity index is 1.50. The second-order valence-electron chi connectivity index (χ2n) is 8.10. The van der Waals surface area contributed by atoms with E-state index in [4.69, 9.17) is 4.74 Å². The zero-order valence-corrected chi connectivity index (χ0v) is 19.4. The number of carbonyl (C=O) groups excluding carboxylic acids is 3. The first-order chi connectivity index (χ1) is 15.6. The predicted molar refractivity (Wildman–Crippen MR) is 120 cm³/mol. The van der Waals surface area contributed by atoms with Gasteiger partial charge in [0.2, 0.25) is 11.8 Å². The second kappa shape index (κ2) is 9.02. The van der Waals surface area contributed by atoms with Crippen molar-refractivity contribution in [2.45, 2.75) is 48.9 Å². The van der Waals surface area contributed by atoms with Crippen molar-refractivity contribution < 1.29 is 32.3 Å². The first-order valence-corrected chi connectivity index (χ1v) is 12.0. The number of ether oxygens (including phenoxy) is 1. The summed E-state index contributed by atoms with van der Waals surface area (Å²) in [5, 5.41) is 4.81. The number of methoxy groups -OCH3 is 1. The van der Waals surface area contributed by atoms with Gasteiger partial charge in [-0.25, -0.2) is 4.79 Å². The summed E-state index contributed by atoms with van der Waals surface area (Å²) in [4.78, 5) is 39.1. The molecule has 2 amide bonds. The van der Waals surface area contributed by atoms with Gasteiger partial charge in [0.1, 0.15) is 5.00 Å². The number of amides is 2. The number of halogens is 3. The fourth-order valence-electron chi connectivity index (χ4n) is 3.96. The van der Waals surface area contributed by atoms with Gasteiger partial charge in [0, 0.05) is 16.2 Å². The summed E-state index contributed by atoms with van der Waals surface area (Å²) in [6.07, 6.45) is -2.23. The van der Waals surface area contributed by atoms with Crippen molar-refractivity contribution >= 4 is 51.6 Å². The van der Waals surface area contributed by atoms with Gasteiger partial charge < -0.3 is 15.4 Å². The number of esters is 1. The third-order valence-electron chi connectivity index (χ3n) is 5.65. The van der Waals surface area contributed by atoms with Gasteiger partial charge in [-0.3, -0.25) is 9.59 Å². The van der Waals surface area contributed by atoms with E-state index in [1.165, 1.54) is 24.5 Å². The van der Waals surface area contributed by atoms with Crippen molar-refractivity contribution in [2.75, 3.05) is 17.7 Å². The van der Waals surface area contributed by atoms with Crippen LogP contribution in [0.5, 0.6) is 0 Å². The molecule has 1 aliphatic heterocycles. The normalized spacial score (nSPS) is 19.8. The maximum absolute atomic E-state index is 12.9. The number of carbonyl (C=O) groups is 3. The van der Waals surface area contributed by atoms with Crippen LogP contribution >= 0.6 is 23.1 Å². The van der Waals surface area contributed by atoms with Crippen molar-refractivity contribution in [1.29, 1.82) is 0 Å². The minimum Gasteiger partial charge on any atom is -0.465 e. The van der Waals surface area contributed by atoms with Crippen LogP contribution < -0.4 is 10.6 Å². The molecular weight excluding hydrogens is 477 g/mol. The summed E-state index contributed by atoms with van der Waals surface area (Å²) < 4.78 is 43.7. The van der Waals surface area contributed by atoms with Crippen molar-refractivity contribution in [2.24, 2.45) is 5.92 Å². The van der Waals surface area contributed by atoms with E-state index < -0.39 is 34.8 Å². The van der Waals surface area contributed by atoms with E-state index in [2.05, 4.69) is 17.6 Å². The van der Waals surface area contributed by atoms with E-state index >= 15 is 0 Å². The smallest absolute Gasteiger partial charge is 0.416 e. The second-order valence-corrected chi connectivity index (χ2v) is 10.5. The van der Waals surface area contributed by atoms with Crippen LogP contribution in [0.2, 0.25) is 0 Å². The topological polar surface area (TPSA) is 84.5 Å². The molecule has 2 N–H and O–H groups in total. The summed E-state index contributed by atoms with van der Waals surface area (Å²) >= 11 is 2.38. The van der Waals surface area contributed by atoms with Gasteiger partial charge in [-0.1, -0.05) is 6.92 Å². The first-order valence-electron chi connectivity index (χ1n) is 10.3. The molecule has 0 unspecified atom stereocenters. The Kier molecular flexibility index (Phi) is 6.45. The average molecular weight is 499 g/mol. The van der Waals surface area contributed by atoms with Crippen LogP contribution in [0.15, 0.2) is 23.1 Å². The molecule has 2 heterocycles. The number of thiophene rings is 1. The van der Waals surface area contributed by atoms with Crippen LogP contribution in [-0.4, -0.2) is 30.1 Å². The Morgan fingerprint density at radius 1 is 1.30 bits per heavy atom. The van der Waals surface area contributed by atoms with E-state index in [9.17, 15) is 27.6 Å². The molecule has 11 heteroatoms. The Bertz CT molecular complexity index is 1130. The molecule has 2 aromatic rings. The number of hydrogen-bond acceptors (Lipinski definition) is 6. The molecule has 1 aliphatic carbocycles. The van der Waals surface area contributed by atoms with Crippen LogP contribution in [-0.2, 0) is 33.3 Å². The highest BCUT2D eigenvalue weighted by Gasteiger charge is 2.35. The highest BCUT2D eigenvalue weighted by Crippen LogP contribution is 2.42. The van der Waals surface area contributed by atoms with Crippen LogP contribution in [0.1, 0.15) is 46.1 Å². The zero-order chi connectivity index (χ0) is 23.9. The van der Waals surface area contributed by atoms with Crippen LogP contribution in [0, 0.1) is 5.92 Å². The molecule has 33 heavy (non-hydrogen) atoms. The molecule has 0 fully saturated rings. The van der Waals surface area contributed by atoms with E-state index in [-0.39, 0.29) is 12.1 Å². The maximum atomic E-state index is 12.9. The van der Waals surface area contributed by atoms with Gasteiger partial charge in [0.25, 0.3) is 0 Å². The van der Waals surface area contributed by atoms with Crippen LogP contribution in [0.4, 0.5) is 23.9 Å². The van der Waals surface area contributed by atoms with Crippen molar-refractivity contribution in [3.05, 3.63) is 39.8 Å². The number of thioether (sulfide) groups is 1. The highest BCUT2D eigenvalue weighted by atomic mass is 32.2.